The van der Waals surface area contributed by atoms with Gasteiger partial charge in [-0.15, -0.1) is 21.5 Å². The Hall–Kier alpha value is -2.93. The first-order valence-corrected chi connectivity index (χ1v) is 10.7. The highest BCUT2D eigenvalue weighted by atomic mass is 32.1. The molecule has 0 bridgehead atoms. The van der Waals surface area contributed by atoms with Crippen LogP contribution in [0.4, 0.5) is 17.2 Å². The van der Waals surface area contributed by atoms with E-state index in [4.69, 9.17) is 0 Å². The maximum Gasteiger partial charge on any atom is 0.227 e. The minimum Gasteiger partial charge on any atom is -0.378 e. The molecule has 1 saturated heterocycles. The van der Waals surface area contributed by atoms with Gasteiger partial charge in [-0.3, -0.25) is 4.79 Å². The number of nitrogens with one attached hydrogen (secondary N) is 1. The molecule has 150 valence electrons. The summed E-state index contributed by atoms with van der Waals surface area (Å²) in [4.78, 5) is 18.0. The number of carbonyl (C=O) groups is 1. The average molecular weight is 408 g/mol. The highest BCUT2D eigenvalue weighted by Crippen LogP contribution is 2.26. The largest absolute Gasteiger partial charge is 0.378 e. The van der Waals surface area contributed by atoms with Crippen molar-refractivity contribution in [1.82, 2.24) is 10.2 Å². The Morgan fingerprint density at radius 1 is 1.07 bits per heavy atom. The summed E-state index contributed by atoms with van der Waals surface area (Å²) in [6.45, 7) is 1.62. The molecular weight excluding hydrogens is 382 g/mol. The molecule has 3 aromatic rings. The average Bonchev–Trinajstić information content (AvgIpc) is 3.29. The first-order valence-electron chi connectivity index (χ1n) is 9.81. The van der Waals surface area contributed by atoms with Gasteiger partial charge in [-0.05, 0) is 60.7 Å². The zero-order valence-electron chi connectivity index (χ0n) is 16.7. The van der Waals surface area contributed by atoms with E-state index in [-0.39, 0.29) is 11.8 Å². The summed E-state index contributed by atoms with van der Waals surface area (Å²) in [5, 5.41) is 13.8. The summed E-state index contributed by atoms with van der Waals surface area (Å²) in [7, 11) is 4.00. The van der Waals surface area contributed by atoms with E-state index in [1.54, 1.807) is 11.3 Å². The number of benzene rings is 1. The molecule has 29 heavy (non-hydrogen) atoms. The third kappa shape index (κ3) is 4.56. The van der Waals surface area contributed by atoms with Gasteiger partial charge in [0.05, 0.1) is 4.88 Å². The monoisotopic (exact) mass is 407 g/mol. The van der Waals surface area contributed by atoms with Crippen LogP contribution in [0.5, 0.6) is 0 Å². The van der Waals surface area contributed by atoms with E-state index < -0.39 is 0 Å². The SMILES string of the molecule is CN(C)c1ccc(NC(=O)C2CCN(c3ccc(-c4cccs4)nn3)CC2)cc1. The van der Waals surface area contributed by atoms with Crippen LogP contribution in [-0.4, -0.2) is 43.3 Å². The predicted molar refractivity (Wildman–Crippen MR) is 120 cm³/mol. The molecule has 1 aliphatic rings. The minimum atomic E-state index is 0.0260. The summed E-state index contributed by atoms with van der Waals surface area (Å²) < 4.78 is 0. The van der Waals surface area contributed by atoms with Crippen molar-refractivity contribution in [3.05, 3.63) is 53.9 Å². The molecule has 0 radical (unpaired) electrons. The lowest BCUT2D eigenvalue weighted by molar-refractivity contribution is -0.120. The van der Waals surface area contributed by atoms with Gasteiger partial charge in [-0.25, -0.2) is 0 Å². The molecule has 1 aliphatic heterocycles. The summed E-state index contributed by atoms with van der Waals surface area (Å²) in [6, 6.07) is 16.0. The van der Waals surface area contributed by atoms with Crippen molar-refractivity contribution >= 4 is 34.4 Å². The molecule has 0 saturated carbocycles. The molecule has 0 atom stereocenters. The zero-order chi connectivity index (χ0) is 20.2. The molecule has 1 fully saturated rings. The number of rotatable bonds is 5. The lowest BCUT2D eigenvalue weighted by Gasteiger charge is -2.31. The van der Waals surface area contributed by atoms with Gasteiger partial charge in [-0.1, -0.05) is 6.07 Å². The molecule has 2 aromatic heterocycles. The summed E-state index contributed by atoms with van der Waals surface area (Å²) >= 11 is 1.66. The van der Waals surface area contributed by atoms with Crippen molar-refractivity contribution < 1.29 is 4.79 Å². The van der Waals surface area contributed by atoms with E-state index in [0.717, 1.165) is 53.7 Å². The molecule has 6 nitrogen and oxygen atoms in total. The smallest absolute Gasteiger partial charge is 0.227 e. The van der Waals surface area contributed by atoms with Crippen LogP contribution in [-0.2, 0) is 4.79 Å². The van der Waals surface area contributed by atoms with Crippen LogP contribution in [0.25, 0.3) is 10.6 Å². The molecule has 3 heterocycles. The first-order chi connectivity index (χ1) is 14.1. The van der Waals surface area contributed by atoms with Crippen molar-refractivity contribution in [3.8, 4) is 10.6 Å². The van der Waals surface area contributed by atoms with Gasteiger partial charge in [0.2, 0.25) is 5.91 Å². The van der Waals surface area contributed by atoms with Gasteiger partial charge < -0.3 is 15.1 Å². The Morgan fingerprint density at radius 2 is 1.83 bits per heavy atom. The Morgan fingerprint density at radius 3 is 2.41 bits per heavy atom. The molecule has 7 heteroatoms. The number of amides is 1. The van der Waals surface area contributed by atoms with Gasteiger partial charge >= 0.3 is 0 Å². The van der Waals surface area contributed by atoms with Crippen molar-refractivity contribution in [1.29, 1.82) is 0 Å². The molecule has 4 rings (SSSR count). The van der Waals surface area contributed by atoms with Gasteiger partial charge in [0.15, 0.2) is 5.82 Å². The Kier molecular flexibility index (Phi) is 5.76. The lowest BCUT2D eigenvalue weighted by atomic mass is 9.96. The minimum absolute atomic E-state index is 0.0260. The van der Waals surface area contributed by atoms with Crippen LogP contribution in [0.3, 0.4) is 0 Å². The van der Waals surface area contributed by atoms with Gasteiger partial charge in [0.1, 0.15) is 5.69 Å². The van der Waals surface area contributed by atoms with Gasteiger partial charge in [0.25, 0.3) is 0 Å². The number of nitrogens with zero attached hydrogens (tertiary/aromatic N) is 4. The number of hydrogen-bond donors (Lipinski definition) is 1. The number of piperidine rings is 1. The normalized spacial score (nSPS) is 14.6. The molecule has 0 unspecified atom stereocenters. The molecular formula is C22H25N5OS. The second kappa shape index (κ2) is 8.61. The fourth-order valence-electron chi connectivity index (χ4n) is 3.51. The molecule has 0 spiro atoms. The Bertz CT molecular complexity index is 930. The number of hydrogen-bond acceptors (Lipinski definition) is 6. The predicted octanol–water partition coefficient (Wildman–Crippen LogP) is 4.13. The number of carbonyl (C=O) groups excluding carboxylic acids is 1. The van der Waals surface area contributed by atoms with E-state index in [1.165, 1.54) is 0 Å². The van der Waals surface area contributed by atoms with Crippen LogP contribution < -0.4 is 15.1 Å². The zero-order valence-corrected chi connectivity index (χ0v) is 17.5. The van der Waals surface area contributed by atoms with Gasteiger partial charge in [-0.2, -0.15) is 0 Å². The van der Waals surface area contributed by atoms with E-state index in [1.807, 2.05) is 72.9 Å². The van der Waals surface area contributed by atoms with E-state index in [2.05, 4.69) is 20.4 Å². The quantitative estimate of drug-likeness (QED) is 0.689. The number of thiophene rings is 1. The fraction of sp³-hybridized carbons (Fsp3) is 0.318. The maximum atomic E-state index is 12.6. The van der Waals surface area contributed by atoms with Crippen LogP contribution in [0.15, 0.2) is 53.9 Å². The maximum absolute atomic E-state index is 12.6. The van der Waals surface area contributed by atoms with Crippen LogP contribution in [0.2, 0.25) is 0 Å². The molecule has 1 aromatic carbocycles. The third-order valence-electron chi connectivity index (χ3n) is 5.27. The number of aromatic nitrogens is 2. The third-order valence-corrected chi connectivity index (χ3v) is 6.16. The van der Waals surface area contributed by atoms with Crippen molar-refractivity contribution in [3.63, 3.8) is 0 Å². The van der Waals surface area contributed by atoms with Crippen LogP contribution >= 0.6 is 11.3 Å². The summed E-state index contributed by atoms with van der Waals surface area (Å²) in [5.41, 5.74) is 2.86. The molecule has 1 amide bonds. The second-order valence-corrected chi connectivity index (χ2v) is 8.39. The Balaban J connectivity index is 1.31. The number of anilines is 3. The van der Waals surface area contributed by atoms with Gasteiger partial charge in [0, 0.05) is 44.5 Å². The van der Waals surface area contributed by atoms with E-state index in [0.29, 0.717) is 0 Å². The highest BCUT2D eigenvalue weighted by molar-refractivity contribution is 7.13. The van der Waals surface area contributed by atoms with Crippen molar-refractivity contribution in [2.45, 2.75) is 12.8 Å². The lowest BCUT2D eigenvalue weighted by Crippen LogP contribution is -2.38. The van der Waals surface area contributed by atoms with E-state index in [9.17, 15) is 4.79 Å². The van der Waals surface area contributed by atoms with Crippen LogP contribution in [0, 0.1) is 5.92 Å². The van der Waals surface area contributed by atoms with Crippen LogP contribution in [0.1, 0.15) is 12.8 Å². The van der Waals surface area contributed by atoms with Crippen molar-refractivity contribution in [2.24, 2.45) is 5.92 Å². The molecule has 0 aliphatic carbocycles. The second-order valence-electron chi connectivity index (χ2n) is 7.45. The fourth-order valence-corrected chi connectivity index (χ4v) is 4.20. The first kappa shape index (κ1) is 19.4. The standard InChI is InChI=1S/C22H25N5OS/c1-26(2)18-7-5-17(6-8-18)23-22(28)16-11-13-27(14-12-16)21-10-9-19(24-25-21)20-4-3-15-29-20/h3-10,15-16H,11-14H2,1-2H3,(H,23,28). The molecule has 1 N–H and O–H groups in total. The van der Waals surface area contributed by atoms with E-state index >= 15 is 0 Å². The summed E-state index contributed by atoms with van der Waals surface area (Å²) in [5.74, 6) is 1.00. The summed E-state index contributed by atoms with van der Waals surface area (Å²) in [6.07, 6.45) is 1.63. The highest BCUT2D eigenvalue weighted by Gasteiger charge is 2.26. The van der Waals surface area contributed by atoms with Crippen molar-refractivity contribution in [2.75, 3.05) is 42.3 Å². The Labute approximate surface area is 175 Å². The topological polar surface area (TPSA) is 61.4 Å².